The predicted octanol–water partition coefficient (Wildman–Crippen LogP) is 6.09. The van der Waals surface area contributed by atoms with Gasteiger partial charge < -0.3 is 19.3 Å². The van der Waals surface area contributed by atoms with E-state index in [4.69, 9.17) is 14.2 Å². The number of benzene rings is 3. The second-order valence-corrected chi connectivity index (χ2v) is 8.82. The number of hydrogen-bond acceptors (Lipinski definition) is 5. The molecule has 1 aliphatic heterocycles. The van der Waals surface area contributed by atoms with Gasteiger partial charge in [-0.05, 0) is 48.9 Å². The summed E-state index contributed by atoms with van der Waals surface area (Å²) in [6.45, 7) is 2.62. The maximum atomic E-state index is 12.8. The van der Waals surface area contributed by atoms with Gasteiger partial charge in [-0.3, -0.25) is 4.79 Å². The van der Waals surface area contributed by atoms with Crippen molar-refractivity contribution < 1.29 is 24.1 Å². The lowest BCUT2D eigenvalue weighted by Crippen LogP contribution is -2.18. The van der Waals surface area contributed by atoms with Crippen LogP contribution in [-0.2, 0) is 29.2 Å². The number of hydrogen-bond donors (Lipinski definition) is 1. The monoisotopic (exact) mass is 472 g/mol. The highest BCUT2D eigenvalue weighted by Crippen LogP contribution is 2.37. The van der Waals surface area contributed by atoms with Crippen LogP contribution in [0.25, 0.3) is 0 Å². The fourth-order valence-electron chi connectivity index (χ4n) is 4.13. The zero-order chi connectivity index (χ0) is 24.5. The summed E-state index contributed by atoms with van der Waals surface area (Å²) < 4.78 is 17.9. The third kappa shape index (κ3) is 7.20. The minimum absolute atomic E-state index is 0.0324. The lowest BCUT2D eigenvalue weighted by molar-refractivity contribution is -0.147. The highest BCUT2D eigenvalue weighted by Gasteiger charge is 2.23. The Morgan fingerprint density at radius 2 is 1.57 bits per heavy atom. The number of cyclic esters (lactones) is 1. The van der Waals surface area contributed by atoms with Gasteiger partial charge >= 0.3 is 5.97 Å². The van der Waals surface area contributed by atoms with Crippen LogP contribution < -0.4 is 9.47 Å². The van der Waals surface area contributed by atoms with Crippen LogP contribution in [0.15, 0.2) is 84.9 Å². The molecule has 0 aliphatic carbocycles. The average molecular weight is 473 g/mol. The first-order valence-electron chi connectivity index (χ1n) is 12.1. The van der Waals surface area contributed by atoms with Gasteiger partial charge in [-0.1, -0.05) is 72.8 Å². The fourth-order valence-corrected chi connectivity index (χ4v) is 4.13. The molecule has 5 nitrogen and oxygen atoms in total. The molecule has 2 atom stereocenters. The predicted molar refractivity (Wildman–Crippen MR) is 135 cm³/mol. The smallest absolute Gasteiger partial charge is 0.310 e. The summed E-state index contributed by atoms with van der Waals surface area (Å²) in [5.41, 5.74) is 3.29. The molecule has 0 saturated carbocycles. The highest BCUT2D eigenvalue weighted by atomic mass is 16.5. The van der Waals surface area contributed by atoms with Crippen LogP contribution in [0.4, 0.5) is 0 Å². The van der Waals surface area contributed by atoms with Gasteiger partial charge in [-0.15, -0.1) is 0 Å². The Hall–Kier alpha value is -3.57. The molecule has 5 heteroatoms. The lowest BCUT2D eigenvalue weighted by atomic mass is 9.95. The van der Waals surface area contributed by atoms with Crippen LogP contribution >= 0.6 is 0 Å². The molecule has 1 heterocycles. The number of fused-ring (bicyclic) bond motifs is 1. The third-order valence-electron chi connectivity index (χ3n) is 5.95. The number of carbonyl (C=O) groups is 1. The van der Waals surface area contributed by atoms with Gasteiger partial charge in [0.15, 0.2) is 0 Å². The summed E-state index contributed by atoms with van der Waals surface area (Å²) in [7, 11) is 0. The molecule has 0 aromatic heterocycles. The Kier molecular flexibility index (Phi) is 8.58. The van der Waals surface area contributed by atoms with Crippen LogP contribution in [0.2, 0.25) is 0 Å². The van der Waals surface area contributed by atoms with Gasteiger partial charge in [0.2, 0.25) is 0 Å². The standard InChI is InChI=1S/C30H32O5/c1-22-11-5-2-10-16-27(31)30-25(18-29(32)35-22)17-26(33-20-23-12-6-3-7-13-23)19-28(30)34-21-24-14-8-4-9-15-24/h2-4,6-10,12-15,17,19,22,27,31H,5,11,16,18,20-21H2,1H3/t22-,27?/m0/s1. The molecule has 0 spiro atoms. The maximum absolute atomic E-state index is 12.8. The van der Waals surface area contributed by atoms with Crippen molar-refractivity contribution in [3.05, 3.63) is 107 Å². The van der Waals surface area contributed by atoms with Crippen molar-refractivity contribution in [2.45, 2.75) is 58.0 Å². The molecule has 0 saturated heterocycles. The van der Waals surface area contributed by atoms with Crippen molar-refractivity contribution in [3.63, 3.8) is 0 Å². The molecule has 0 fully saturated rings. The molecule has 0 radical (unpaired) electrons. The summed E-state index contributed by atoms with van der Waals surface area (Å²) in [5, 5.41) is 11.1. The fraction of sp³-hybridized carbons (Fsp3) is 0.300. The molecule has 1 aliphatic rings. The number of carbonyl (C=O) groups excluding carboxylic acids is 1. The van der Waals surface area contributed by atoms with Gasteiger partial charge in [0.05, 0.1) is 18.6 Å². The summed E-state index contributed by atoms with van der Waals surface area (Å²) in [5.74, 6) is 0.754. The molecule has 0 amide bonds. The highest BCUT2D eigenvalue weighted by molar-refractivity contribution is 5.74. The van der Waals surface area contributed by atoms with Crippen molar-refractivity contribution in [2.75, 3.05) is 0 Å². The number of aliphatic hydroxyl groups is 1. The van der Waals surface area contributed by atoms with Crippen LogP contribution in [0.1, 0.15) is 54.5 Å². The van der Waals surface area contributed by atoms with Crippen molar-refractivity contribution in [3.8, 4) is 11.5 Å². The van der Waals surface area contributed by atoms with Crippen molar-refractivity contribution in [2.24, 2.45) is 0 Å². The maximum Gasteiger partial charge on any atom is 0.310 e. The molecule has 4 rings (SSSR count). The molecule has 182 valence electrons. The van der Waals surface area contributed by atoms with Crippen molar-refractivity contribution in [1.82, 2.24) is 0 Å². The zero-order valence-electron chi connectivity index (χ0n) is 20.1. The summed E-state index contributed by atoms with van der Waals surface area (Å²) >= 11 is 0. The first-order valence-corrected chi connectivity index (χ1v) is 12.1. The summed E-state index contributed by atoms with van der Waals surface area (Å²) in [4.78, 5) is 12.8. The van der Waals surface area contributed by atoms with E-state index >= 15 is 0 Å². The largest absolute Gasteiger partial charge is 0.489 e. The molecule has 3 aromatic rings. The number of esters is 1. The Balaban J connectivity index is 1.69. The van der Waals surface area contributed by atoms with Gasteiger partial charge in [-0.25, -0.2) is 0 Å². The normalized spacial score (nSPS) is 18.5. The van der Waals surface area contributed by atoms with Gasteiger partial charge in [0.25, 0.3) is 0 Å². The van der Waals surface area contributed by atoms with E-state index in [-0.39, 0.29) is 18.5 Å². The Morgan fingerprint density at radius 1 is 0.914 bits per heavy atom. The van der Waals surface area contributed by atoms with Crippen LogP contribution in [0, 0.1) is 0 Å². The van der Waals surface area contributed by atoms with Gasteiger partial charge in [0, 0.05) is 11.6 Å². The number of rotatable bonds is 6. The van der Waals surface area contributed by atoms with Crippen LogP contribution in [-0.4, -0.2) is 17.2 Å². The third-order valence-corrected chi connectivity index (χ3v) is 5.95. The van der Waals surface area contributed by atoms with Crippen molar-refractivity contribution in [1.29, 1.82) is 0 Å². The Morgan fingerprint density at radius 3 is 2.26 bits per heavy atom. The van der Waals surface area contributed by atoms with E-state index in [1.807, 2.05) is 85.8 Å². The van der Waals surface area contributed by atoms with E-state index in [1.165, 1.54) is 0 Å². The van der Waals surface area contributed by atoms with Gasteiger partial charge in [0.1, 0.15) is 24.7 Å². The molecule has 0 bridgehead atoms. The Labute approximate surface area is 207 Å². The first-order chi connectivity index (χ1) is 17.1. The molecule has 3 aromatic carbocycles. The molecular formula is C30H32O5. The number of ether oxygens (including phenoxy) is 3. The zero-order valence-corrected chi connectivity index (χ0v) is 20.1. The van der Waals surface area contributed by atoms with Crippen LogP contribution in [0.5, 0.6) is 11.5 Å². The quantitative estimate of drug-likeness (QED) is 0.347. The van der Waals surface area contributed by atoms with E-state index in [0.29, 0.717) is 42.3 Å². The average Bonchev–Trinajstić information content (AvgIpc) is 2.86. The minimum atomic E-state index is -0.820. The molecular weight excluding hydrogens is 440 g/mol. The molecule has 35 heavy (non-hydrogen) atoms. The lowest BCUT2D eigenvalue weighted by Gasteiger charge is -2.22. The second kappa shape index (κ2) is 12.2. The summed E-state index contributed by atoms with van der Waals surface area (Å²) in [6.07, 6.45) is 5.01. The first kappa shape index (κ1) is 24.6. The van der Waals surface area contributed by atoms with Crippen molar-refractivity contribution >= 4 is 5.97 Å². The molecule has 1 N–H and O–H groups in total. The van der Waals surface area contributed by atoms with E-state index in [9.17, 15) is 9.90 Å². The van der Waals surface area contributed by atoms with E-state index in [0.717, 1.165) is 24.0 Å². The van der Waals surface area contributed by atoms with E-state index in [2.05, 4.69) is 0 Å². The van der Waals surface area contributed by atoms with Gasteiger partial charge in [-0.2, -0.15) is 0 Å². The Bertz CT molecular complexity index is 1120. The number of aliphatic hydroxyl groups excluding tert-OH is 1. The second-order valence-electron chi connectivity index (χ2n) is 8.82. The van der Waals surface area contributed by atoms with Crippen LogP contribution in [0.3, 0.4) is 0 Å². The van der Waals surface area contributed by atoms with E-state index in [1.54, 1.807) is 6.07 Å². The molecule has 1 unspecified atom stereocenters. The van der Waals surface area contributed by atoms with E-state index < -0.39 is 6.10 Å². The SMILES string of the molecule is C[C@H]1CCC=CCC(O)c2c(cc(OCc3ccccc3)cc2OCc2ccccc2)CC(=O)O1. The summed E-state index contributed by atoms with van der Waals surface area (Å²) in [6, 6.07) is 23.3. The number of allylic oxidation sites excluding steroid dienone is 1. The minimum Gasteiger partial charge on any atom is -0.489 e. The topological polar surface area (TPSA) is 65.0 Å².